The highest BCUT2D eigenvalue weighted by atomic mass is 32.2. The first-order valence-electron chi connectivity index (χ1n) is 10.7. The summed E-state index contributed by atoms with van der Waals surface area (Å²) in [6, 6.07) is 14.4. The van der Waals surface area contributed by atoms with E-state index in [1.807, 2.05) is 12.1 Å². The number of pyridine rings is 1. The van der Waals surface area contributed by atoms with Gasteiger partial charge >= 0.3 is 0 Å². The van der Waals surface area contributed by atoms with Gasteiger partial charge in [0.25, 0.3) is 0 Å². The molecule has 4 N–H and O–H groups in total. The van der Waals surface area contributed by atoms with Crippen LogP contribution in [-0.2, 0) is 27.1 Å². The molecular weight excluding hydrogens is 486 g/mol. The number of hydrogen-bond acceptors (Lipinski definition) is 9. The monoisotopic (exact) mass is 511 g/mol. The molecule has 0 bridgehead atoms. The van der Waals surface area contributed by atoms with E-state index in [9.17, 15) is 18.5 Å². The van der Waals surface area contributed by atoms with E-state index >= 15 is 0 Å². The Hall–Kier alpha value is -3.53. The molecule has 0 unspecified atom stereocenters. The zero-order valence-electron chi connectivity index (χ0n) is 19.3. The van der Waals surface area contributed by atoms with E-state index in [2.05, 4.69) is 31.1 Å². The predicted molar refractivity (Wildman–Crippen MR) is 136 cm³/mol. The Labute approximate surface area is 208 Å². The van der Waals surface area contributed by atoms with E-state index in [-0.39, 0.29) is 29.6 Å². The molecule has 0 aliphatic carbocycles. The molecular formula is C23H25N7O3S2. The molecule has 182 valence electrons. The Bertz CT molecular complexity index is 1350. The van der Waals surface area contributed by atoms with Crippen molar-refractivity contribution in [2.75, 3.05) is 16.8 Å². The maximum Gasteiger partial charge on any atom is 0.221 e. The van der Waals surface area contributed by atoms with Gasteiger partial charge in [-0.3, -0.25) is 9.78 Å². The van der Waals surface area contributed by atoms with Crippen LogP contribution in [-0.4, -0.2) is 35.0 Å². The standard InChI is InChI=1S/C23H25N7O3S2/c1-3-11-35(32,33)26-13-18-5-4-6-19(28-18)14-34-23-29-21(20(12-24)22(25)30-23)16-7-9-17(10-8-16)27-15(2)31/h4-10,26H,3,11,13-14H2,1-2H3,(H,27,31)(H2,25,29,30). The van der Waals surface area contributed by atoms with Crippen LogP contribution in [0.15, 0.2) is 47.6 Å². The Morgan fingerprint density at radius 3 is 2.49 bits per heavy atom. The molecule has 0 saturated heterocycles. The molecule has 3 aromatic rings. The van der Waals surface area contributed by atoms with Crippen LogP contribution >= 0.6 is 11.8 Å². The smallest absolute Gasteiger partial charge is 0.221 e. The third kappa shape index (κ3) is 7.48. The molecule has 0 spiro atoms. The van der Waals surface area contributed by atoms with Crippen molar-refractivity contribution in [3.05, 3.63) is 59.4 Å². The van der Waals surface area contributed by atoms with Gasteiger partial charge in [0.1, 0.15) is 17.5 Å². The van der Waals surface area contributed by atoms with Crippen LogP contribution in [0.3, 0.4) is 0 Å². The van der Waals surface area contributed by atoms with Crippen LogP contribution in [0.1, 0.15) is 37.2 Å². The summed E-state index contributed by atoms with van der Waals surface area (Å²) < 4.78 is 26.3. The summed E-state index contributed by atoms with van der Waals surface area (Å²) >= 11 is 1.30. The number of nitrogens with two attached hydrogens (primary N) is 1. The van der Waals surface area contributed by atoms with E-state index in [4.69, 9.17) is 5.73 Å². The second-order valence-corrected chi connectivity index (χ2v) is 10.4. The van der Waals surface area contributed by atoms with Crippen molar-refractivity contribution in [2.24, 2.45) is 0 Å². The molecule has 0 fully saturated rings. The van der Waals surface area contributed by atoms with Crippen molar-refractivity contribution >= 4 is 39.2 Å². The van der Waals surface area contributed by atoms with Gasteiger partial charge < -0.3 is 11.1 Å². The minimum Gasteiger partial charge on any atom is -0.382 e. The normalized spacial score (nSPS) is 11.1. The quantitative estimate of drug-likeness (QED) is 0.274. The largest absolute Gasteiger partial charge is 0.382 e. The lowest BCUT2D eigenvalue weighted by Gasteiger charge is -2.10. The van der Waals surface area contributed by atoms with Gasteiger partial charge in [0.2, 0.25) is 15.9 Å². The summed E-state index contributed by atoms with van der Waals surface area (Å²) in [5.41, 5.74) is 9.20. The van der Waals surface area contributed by atoms with E-state index in [1.54, 1.807) is 37.3 Å². The molecule has 1 amide bonds. The number of aromatic nitrogens is 3. The van der Waals surface area contributed by atoms with Crippen LogP contribution < -0.4 is 15.8 Å². The van der Waals surface area contributed by atoms with Gasteiger partial charge in [-0.05, 0) is 30.7 Å². The lowest BCUT2D eigenvalue weighted by Crippen LogP contribution is -2.26. The van der Waals surface area contributed by atoms with Crippen molar-refractivity contribution in [3.63, 3.8) is 0 Å². The molecule has 0 aliphatic heterocycles. The number of nitrogens with one attached hydrogen (secondary N) is 2. The number of amides is 1. The SMILES string of the molecule is CCCS(=O)(=O)NCc1cccc(CSc2nc(N)c(C#N)c(-c3ccc(NC(C)=O)cc3)n2)n1. The number of nitrogen functional groups attached to an aromatic ring is 1. The molecule has 35 heavy (non-hydrogen) atoms. The summed E-state index contributed by atoms with van der Waals surface area (Å²) in [7, 11) is -3.33. The second kappa shape index (κ2) is 11.7. The summed E-state index contributed by atoms with van der Waals surface area (Å²) in [4.78, 5) is 24.5. The lowest BCUT2D eigenvalue weighted by atomic mass is 10.1. The molecule has 0 aliphatic rings. The van der Waals surface area contributed by atoms with Crippen molar-refractivity contribution < 1.29 is 13.2 Å². The summed E-state index contributed by atoms with van der Waals surface area (Å²) in [6.07, 6.45) is 0.536. The molecule has 0 radical (unpaired) electrons. The Kier molecular flexibility index (Phi) is 8.75. The highest BCUT2D eigenvalue weighted by Crippen LogP contribution is 2.29. The topological polar surface area (TPSA) is 164 Å². The van der Waals surface area contributed by atoms with Crippen molar-refractivity contribution in [2.45, 2.75) is 37.7 Å². The number of hydrogen-bond donors (Lipinski definition) is 3. The summed E-state index contributed by atoms with van der Waals surface area (Å²) in [6.45, 7) is 3.34. The van der Waals surface area contributed by atoms with E-state index in [1.165, 1.54) is 18.7 Å². The van der Waals surface area contributed by atoms with Gasteiger partial charge in [0, 0.05) is 23.9 Å². The maximum absolute atomic E-state index is 11.9. The Balaban J connectivity index is 1.76. The third-order valence-electron chi connectivity index (χ3n) is 4.67. The maximum atomic E-state index is 11.9. The molecule has 3 rings (SSSR count). The van der Waals surface area contributed by atoms with Crippen LogP contribution in [0.5, 0.6) is 0 Å². The molecule has 0 atom stereocenters. The van der Waals surface area contributed by atoms with Crippen molar-refractivity contribution in [1.82, 2.24) is 19.7 Å². The van der Waals surface area contributed by atoms with Crippen molar-refractivity contribution in [1.29, 1.82) is 5.26 Å². The van der Waals surface area contributed by atoms with Gasteiger partial charge in [0.15, 0.2) is 5.16 Å². The van der Waals surface area contributed by atoms with Gasteiger partial charge in [-0.15, -0.1) is 0 Å². The van der Waals surface area contributed by atoms with Crippen LogP contribution in [0.25, 0.3) is 11.3 Å². The lowest BCUT2D eigenvalue weighted by molar-refractivity contribution is -0.114. The van der Waals surface area contributed by atoms with Crippen LogP contribution in [0, 0.1) is 11.3 Å². The minimum atomic E-state index is -3.33. The number of sulfonamides is 1. The number of anilines is 2. The molecule has 0 saturated carbocycles. The zero-order valence-corrected chi connectivity index (χ0v) is 20.9. The highest BCUT2D eigenvalue weighted by Gasteiger charge is 2.15. The van der Waals surface area contributed by atoms with Gasteiger partial charge in [-0.1, -0.05) is 36.9 Å². The van der Waals surface area contributed by atoms with Crippen molar-refractivity contribution in [3.8, 4) is 17.3 Å². The average molecular weight is 512 g/mol. The number of benzene rings is 1. The molecule has 2 heterocycles. The Morgan fingerprint density at radius 1 is 1.11 bits per heavy atom. The number of thioether (sulfide) groups is 1. The number of carbonyl (C=O) groups is 1. The van der Waals surface area contributed by atoms with E-state index in [0.29, 0.717) is 40.0 Å². The first-order chi connectivity index (χ1) is 16.7. The minimum absolute atomic E-state index is 0.0676. The van der Waals surface area contributed by atoms with Gasteiger partial charge in [-0.2, -0.15) is 5.26 Å². The second-order valence-electron chi connectivity index (χ2n) is 7.53. The van der Waals surface area contributed by atoms with Crippen LogP contribution in [0.2, 0.25) is 0 Å². The van der Waals surface area contributed by atoms with E-state index in [0.717, 1.165) is 5.69 Å². The van der Waals surface area contributed by atoms with E-state index < -0.39 is 10.0 Å². The fourth-order valence-corrected chi connectivity index (χ4v) is 4.93. The summed E-state index contributed by atoms with van der Waals surface area (Å²) in [5.74, 6) is 0.370. The number of rotatable bonds is 10. The molecule has 10 nitrogen and oxygen atoms in total. The molecule has 1 aromatic carbocycles. The first-order valence-corrected chi connectivity index (χ1v) is 13.3. The third-order valence-corrected chi connectivity index (χ3v) is 7.08. The van der Waals surface area contributed by atoms with Crippen LogP contribution in [0.4, 0.5) is 11.5 Å². The fourth-order valence-electron chi connectivity index (χ4n) is 3.13. The number of nitriles is 1. The summed E-state index contributed by atoms with van der Waals surface area (Å²) in [5, 5.41) is 12.6. The zero-order chi connectivity index (χ0) is 25.4. The Morgan fingerprint density at radius 2 is 1.83 bits per heavy atom. The van der Waals surface area contributed by atoms with Gasteiger partial charge in [0.05, 0.1) is 29.4 Å². The first kappa shape index (κ1) is 26.1. The predicted octanol–water partition coefficient (Wildman–Crippen LogP) is 3.07. The highest BCUT2D eigenvalue weighted by molar-refractivity contribution is 7.98. The molecule has 12 heteroatoms. The number of nitrogens with zero attached hydrogens (tertiary/aromatic N) is 4. The fraction of sp³-hybridized carbons (Fsp3) is 0.261. The number of carbonyl (C=O) groups excluding carboxylic acids is 1. The van der Waals surface area contributed by atoms with Gasteiger partial charge in [-0.25, -0.2) is 23.1 Å². The molecule has 2 aromatic heterocycles. The average Bonchev–Trinajstić information content (AvgIpc) is 2.81.